The van der Waals surface area contributed by atoms with E-state index in [1.807, 2.05) is 54.6 Å². The van der Waals surface area contributed by atoms with Gasteiger partial charge in [-0.15, -0.1) is 0 Å². The van der Waals surface area contributed by atoms with Crippen molar-refractivity contribution in [3.63, 3.8) is 0 Å². The van der Waals surface area contributed by atoms with Crippen LogP contribution in [0.3, 0.4) is 0 Å². The van der Waals surface area contributed by atoms with Gasteiger partial charge in [-0.2, -0.15) is 0 Å². The molecule has 3 amide bonds. The van der Waals surface area contributed by atoms with E-state index >= 15 is 0 Å². The zero-order chi connectivity index (χ0) is 25.8. The first-order chi connectivity index (χ1) is 18.6. The smallest absolute Gasteiger partial charge is 0.238 e. The summed E-state index contributed by atoms with van der Waals surface area (Å²) in [4.78, 5) is 41.9. The molecule has 38 heavy (non-hydrogen) atoms. The van der Waals surface area contributed by atoms with Gasteiger partial charge in [0.15, 0.2) is 0 Å². The van der Waals surface area contributed by atoms with E-state index in [2.05, 4.69) is 29.6 Å². The number of nitrogens with one attached hydrogen (secondary N) is 1. The third-order valence-electron chi connectivity index (χ3n) is 8.32. The molecule has 1 aliphatic heterocycles. The van der Waals surface area contributed by atoms with Gasteiger partial charge in [-0.3, -0.25) is 14.4 Å². The van der Waals surface area contributed by atoms with Crippen LogP contribution in [0.2, 0.25) is 0 Å². The number of rotatable bonds is 5. The molecule has 2 atom stereocenters. The van der Waals surface area contributed by atoms with Crippen molar-refractivity contribution in [3.8, 4) is 0 Å². The molecule has 186 valence electrons. The number of hydrogen-bond donors (Lipinski definition) is 1. The van der Waals surface area contributed by atoms with E-state index in [-0.39, 0.29) is 29.6 Å². The highest BCUT2D eigenvalue weighted by atomic mass is 16.2. The minimum atomic E-state index is -0.429. The molecular weight excluding hydrogens is 472 g/mol. The van der Waals surface area contributed by atoms with E-state index in [1.165, 1.54) is 4.90 Å². The van der Waals surface area contributed by atoms with Crippen molar-refractivity contribution in [2.75, 3.05) is 10.2 Å². The number of carbonyl (C=O) groups excluding carboxylic acids is 3. The first-order valence-corrected chi connectivity index (χ1v) is 13.1. The molecule has 1 N–H and O–H groups in total. The van der Waals surface area contributed by atoms with Crippen LogP contribution < -0.4 is 10.2 Å². The topological polar surface area (TPSA) is 66.5 Å². The number of anilines is 2. The van der Waals surface area contributed by atoms with Gasteiger partial charge in [-0.05, 0) is 52.4 Å². The van der Waals surface area contributed by atoms with Crippen molar-refractivity contribution < 1.29 is 14.4 Å². The second-order valence-electron chi connectivity index (χ2n) is 10.4. The number of hydrogen-bond acceptors (Lipinski definition) is 3. The standard InChI is InChI=1S/C33H26N2O3/c36-27(18-17-20-9-2-1-3-10-20)34-21-11-8-12-22(19-21)35-32(37)30-28-23-13-4-5-14-24(23)29(31(30)33(35)38)26-16-7-6-15-25(26)28/h1-16,19,28-31H,17-18H2,(H,34,36)/t28?,29?,30-,31-/m1/s1. The lowest BCUT2D eigenvalue weighted by molar-refractivity contribution is -0.122. The highest BCUT2D eigenvalue weighted by Gasteiger charge is 2.61. The Hall–Kier alpha value is -4.51. The summed E-state index contributed by atoms with van der Waals surface area (Å²) >= 11 is 0. The van der Waals surface area contributed by atoms with Crippen LogP contribution in [0.1, 0.15) is 46.1 Å². The van der Waals surface area contributed by atoms with Gasteiger partial charge < -0.3 is 5.32 Å². The fraction of sp³-hybridized carbons (Fsp3) is 0.182. The van der Waals surface area contributed by atoms with Crippen molar-refractivity contribution in [2.45, 2.75) is 24.7 Å². The third kappa shape index (κ3) is 3.42. The van der Waals surface area contributed by atoms with Gasteiger partial charge in [-0.25, -0.2) is 4.90 Å². The maximum absolute atomic E-state index is 14.0. The lowest BCUT2D eigenvalue weighted by atomic mass is 9.55. The van der Waals surface area contributed by atoms with Crippen molar-refractivity contribution in [1.29, 1.82) is 0 Å². The maximum atomic E-state index is 14.0. The lowest BCUT2D eigenvalue weighted by Crippen LogP contribution is -2.41. The molecule has 1 fully saturated rings. The van der Waals surface area contributed by atoms with Crippen molar-refractivity contribution >= 4 is 29.1 Å². The summed E-state index contributed by atoms with van der Waals surface area (Å²) in [6.07, 6.45) is 0.989. The molecular formula is C33H26N2O3. The van der Waals surface area contributed by atoms with Crippen LogP contribution in [-0.2, 0) is 20.8 Å². The quantitative estimate of drug-likeness (QED) is 0.362. The van der Waals surface area contributed by atoms with Crippen molar-refractivity contribution in [2.24, 2.45) is 11.8 Å². The summed E-state index contributed by atoms with van der Waals surface area (Å²) in [6, 6.07) is 33.4. The average molecular weight is 499 g/mol. The monoisotopic (exact) mass is 498 g/mol. The van der Waals surface area contributed by atoms with E-state index < -0.39 is 11.8 Å². The van der Waals surface area contributed by atoms with Crippen LogP contribution in [-0.4, -0.2) is 17.7 Å². The molecule has 0 spiro atoms. The highest BCUT2D eigenvalue weighted by molar-refractivity contribution is 6.23. The fourth-order valence-corrected chi connectivity index (χ4v) is 6.78. The number of nitrogens with zero attached hydrogens (tertiary/aromatic N) is 1. The molecule has 0 aromatic heterocycles. The largest absolute Gasteiger partial charge is 0.326 e. The van der Waals surface area contributed by atoms with E-state index in [0.717, 1.165) is 27.8 Å². The number of aryl methyl sites for hydroxylation is 1. The second-order valence-corrected chi connectivity index (χ2v) is 10.4. The molecule has 8 rings (SSSR count). The van der Waals surface area contributed by atoms with Crippen LogP contribution in [0.4, 0.5) is 11.4 Å². The van der Waals surface area contributed by atoms with Crippen LogP contribution in [0, 0.1) is 11.8 Å². The van der Waals surface area contributed by atoms with Crippen molar-refractivity contribution in [1.82, 2.24) is 0 Å². The SMILES string of the molecule is O=C(CCc1ccccc1)Nc1cccc(N2C(=O)[C@@H]3C4c5ccccc5C(c5ccccc54)[C@H]3C2=O)c1. The molecule has 4 aliphatic rings. The summed E-state index contributed by atoms with van der Waals surface area (Å²) in [5.74, 6) is -1.57. The Morgan fingerprint density at radius 2 is 1.18 bits per heavy atom. The minimum absolute atomic E-state index is 0.109. The van der Waals surface area contributed by atoms with Gasteiger partial charge >= 0.3 is 0 Å². The Bertz CT molecular complexity index is 1480. The summed E-state index contributed by atoms with van der Waals surface area (Å²) in [7, 11) is 0. The summed E-state index contributed by atoms with van der Waals surface area (Å²) in [5, 5.41) is 2.94. The van der Waals surface area contributed by atoms with Gasteiger partial charge in [-0.1, -0.05) is 84.9 Å². The minimum Gasteiger partial charge on any atom is -0.326 e. The van der Waals surface area contributed by atoms with Gasteiger partial charge in [0.2, 0.25) is 17.7 Å². The first-order valence-electron chi connectivity index (χ1n) is 13.1. The van der Waals surface area contributed by atoms with Gasteiger partial charge in [0, 0.05) is 23.9 Å². The van der Waals surface area contributed by atoms with Crippen LogP contribution in [0.5, 0.6) is 0 Å². The zero-order valence-electron chi connectivity index (χ0n) is 20.7. The Kier molecular flexibility index (Phi) is 5.25. The molecule has 5 nitrogen and oxygen atoms in total. The molecule has 3 aliphatic carbocycles. The Morgan fingerprint density at radius 1 is 0.658 bits per heavy atom. The lowest BCUT2D eigenvalue weighted by Gasteiger charge is -2.45. The third-order valence-corrected chi connectivity index (χ3v) is 8.32. The van der Waals surface area contributed by atoms with E-state index in [1.54, 1.807) is 24.3 Å². The first kappa shape index (κ1) is 22.7. The zero-order valence-corrected chi connectivity index (χ0v) is 20.7. The highest BCUT2D eigenvalue weighted by Crippen LogP contribution is 2.61. The normalized spacial score (nSPS) is 22.6. The number of carbonyl (C=O) groups is 3. The van der Waals surface area contributed by atoms with Crippen LogP contribution in [0.15, 0.2) is 103 Å². The molecule has 4 aromatic carbocycles. The number of amides is 3. The van der Waals surface area contributed by atoms with E-state index in [4.69, 9.17) is 0 Å². The van der Waals surface area contributed by atoms with Gasteiger partial charge in [0.25, 0.3) is 0 Å². The predicted molar refractivity (Wildman–Crippen MR) is 146 cm³/mol. The molecule has 1 saturated heterocycles. The van der Waals surface area contributed by atoms with Gasteiger partial charge in [0.05, 0.1) is 17.5 Å². The molecule has 0 saturated carbocycles. The molecule has 0 radical (unpaired) electrons. The maximum Gasteiger partial charge on any atom is 0.238 e. The van der Waals surface area contributed by atoms with E-state index in [0.29, 0.717) is 24.2 Å². The predicted octanol–water partition coefficient (Wildman–Crippen LogP) is 5.65. The number of benzene rings is 4. The molecule has 5 heteroatoms. The van der Waals surface area contributed by atoms with Crippen molar-refractivity contribution in [3.05, 3.63) is 131 Å². The second kappa shape index (κ2) is 8.80. The van der Waals surface area contributed by atoms with E-state index in [9.17, 15) is 14.4 Å². The summed E-state index contributed by atoms with van der Waals surface area (Å²) in [5.41, 5.74) is 6.79. The fourth-order valence-electron chi connectivity index (χ4n) is 6.78. The summed E-state index contributed by atoms with van der Waals surface area (Å²) in [6.45, 7) is 0. The summed E-state index contributed by atoms with van der Waals surface area (Å²) < 4.78 is 0. The Balaban J connectivity index is 1.18. The number of imide groups is 1. The molecule has 2 bridgehead atoms. The average Bonchev–Trinajstić information content (AvgIpc) is 3.23. The molecule has 0 unspecified atom stereocenters. The van der Waals surface area contributed by atoms with Crippen LogP contribution in [0.25, 0.3) is 0 Å². The Morgan fingerprint density at radius 3 is 1.74 bits per heavy atom. The molecule has 1 heterocycles. The van der Waals surface area contributed by atoms with Crippen LogP contribution >= 0.6 is 0 Å². The van der Waals surface area contributed by atoms with Gasteiger partial charge in [0.1, 0.15) is 0 Å². The molecule has 4 aromatic rings. The Labute approximate surface area is 221 Å².